The highest BCUT2D eigenvalue weighted by Gasteiger charge is 2.40. The zero-order valence-corrected chi connectivity index (χ0v) is 9.30. The van der Waals surface area contributed by atoms with Gasteiger partial charge in [0.15, 0.2) is 0 Å². The molecule has 0 aliphatic carbocycles. The van der Waals surface area contributed by atoms with Gasteiger partial charge < -0.3 is 9.47 Å². The third kappa shape index (κ3) is 7.37. The van der Waals surface area contributed by atoms with Crippen molar-refractivity contribution in [2.45, 2.75) is 25.9 Å². The molecule has 0 aromatic heterocycles. The molecule has 7 heteroatoms. The molecule has 0 radical (unpaired) electrons. The normalized spacial score (nSPS) is 10.8. The number of alkyl halides is 3. The Balaban J connectivity index is 3.51. The molecule has 0 fully saturated rings. The SMILES string of the molecule is C=C(C)C(=O)OCCCCOC(=O)C(F)(F)F. The fraction of sp³-hybridized carbons (Fsp3) is 0.600. The minimum Gasteiger partial charge on any atom is -0.462 e. The lowest BCUT2D eigenvalue weighted by Gasteiger charge is -2.07. The zero-order valence-electron chi connectivity index (χ0n) is 9.30. The van der Waals surface area contributed by atoms with E-state index in [4.69, 9.17) is 0 Å². The molecule has 98 valence electrons. The van der Waals surface area contributed by atoms with Crippen molar-refractivity contribution in [2.24, 2.45) is 0 Å². The van der Waals surface area contributed by atoms with Crippen LogP contribution in [0, 0.1) is 0 Å². The molecule has 0 bridgehead atoms. The molecule has 0 saturated heterocycles. The van der Waals surface area contributed by atoms with Crippen LogP contribution in [0.2, 0.25) is 0 Å². The largest absolute Gasteiger partial charge is 0.490 e. The molecule has 0 aliphatic heterocycles. The van der Waals surface area contributed by atoms with Gasteiger partial charge in [0.1, 0.15) is 0 Å². The van der Waals surface area contributed by atoms with E-state index in [0.29, 0.717) is 6.42 Å². The summed E-state index contributed by atoms with van der Waals surface area (Å²) in [6.07, 6.45) is -4.47. The van der Waals surface area contributed by atoms with Crippen LogP contribution in [0.1, 0.15) is 19.8 Å². The van der Waals surface area contributed by atoms with Crippen molar-refractivity contribution in [3.8, 4) is 0 Å². The van der Waals surface area contributed by atoms with Crippen LogP contribution in [-0.2, 0) is 19.1 Å². The van der Waals surface area contributed by atoms with Gasteiger partial charge in [-0.2, -0.15) is 13.2 Å². The van der Waals surface area contributed by atoms with Gasteiger partial charge in [0.2, 0.25) is 0 Å². The molecule has 17 heavy (non-hydrogen) atoms. The first-order chi connectivity index (χ1) is 7.75. The number of rotatable bonds is 6. The van der Waals surface area contributed by atoms with Crippen LogP contribution in [-0.4, -0.2) is 31.3 Å². The van der Waals surface area contributed by atoms with Gasteiger partial charge in [0.25, 0.3) is 0 Å². The van der Waals surface area contributed by atoms with E-state index < -0.39 is 18.1 Å². The van der Waals surface area contributed by atoms with Gasteiger partial charge in [0, 0.05) is 5.57 Å². The Hall–Kier alpha value is -1.53. The maximum Gasteiger partial charge on any atom is 0.490 e. The lowest BCUT2D eigenvalue weighted by atomic mass is 10.3. The maximum absolute atomic E-state index is 11.7. The third-order valence-corrected chi connectivity index (χ3v) is 1.58. The zero-order chi connectivity index (χ0) is 13.5. The number of hydrogen-bond donors (Lipinski definition) is 0. The van der Waals surface area contributed by atoms with Gasteiger partial charge >= 0.3 is 18.1 Å². The summed E-state index contributed by atoms with van der Waals surface area (Å²) in [4.78, 5) is 21.1. The van der Waals surface area contributed by atoms with Crippen LogP contribution in [0.4, 0.5) is 13.2 Å². The second kappa shape index (κ2) is 6.93. The number of esters is 2. The summed E-state index contributed by atoms with van der Waals surface area (Å²) in [5.74, 6) is -2.77. The second-order valence-electron chi connectivity index (χ2n) is 3.26. The Bertz CT molecular complexity index is 296. The van der Waals surface area contributed by atoms with E-state index in [9.17, 15) is 22.8 Å². The molecule has 0 N–H and O–H groups in total. The molecule has 0 spiro atoms. The van der Waals surface area contributed by atoms with Gasteiger partial charge in [-0.1, -0.05) is 6.58 Å². The van der Waals surface area contributed by atoms with Crippen LogP contribution in [0.25, 0.3) is 0 Å². The monoisotopic (exact) mass is 254 g/mol. The lowest BCUT2D eigenvalue weighted by Crippen LogP contribution is -2.25. The smallest absolute Gasteiger partial charge is 0.462 e. The number of unbranched alkanes of at least 4 members (excludes halogenated alkanes) is 1. The summed E-state index contributed by atoms with van der Waals surface area (Å²) in [6.45, 7) is 4.52. The Kier molecular flexibility index (Phi) is 6.30. The molecular weight excluding hydrogens is 241 g/mol. The van der Waals surface area contributed by atoms with E-state index in [0.717, 1.165) is 0 Å². The number of hydrogen-bond acceptors (Lipinski definition) is 4. The van der Waals surface area contributed by atoms with Gasteiger partial charge in [-0.3, -0.25) is 0 Å². The van der Waals surface area contributed by atoms with Crippen LogP contribution >= 0.6 is 0 Å². The Morgan fingerprint density at radius 2 is 1.59 bits per heavy atom. The number of carbonyl (C=O) groups is 2. The summed E-state index contributed by atoms with van der Waals surface area (Å²) >= 11 is 0. The van der Waals surface area contributed by atoms with E-state index in [-0.39, 0.29) is 25.2 Å². The van der Waals surface area contributed by atoms with E-state index in [1.165, 1.54) is 6.92 Å². The Labute approximate surface area is 96.4 Å². The number of carbonyl (C=O) groups excluding carboxylic acids is 2. The predicted octanol–water partition coefficient (Wildman–Crippen LogP) is 1.99. The molecular formula is C10H13F3O4. The van der Waals surface area contributed by atoms with Crippen molar-refractivity contribution in [3.63, 3.8) is 0 Å². The molecule has 0 atom stereocenters. The lowest BCUT2D eigenvalue weighted by molar-refractivity contribution is -0.199. The highest BCUT2D eigenvalue weighted by Crippen LogP contribution is 2.16. The molecule has 0 aromatic carbocycles. The fourth-order valence-electron chi connectivity index (χ4n) is 0.739. The predicted molar refractivity (Wildman–Crippen MR) is 52.0 cm³/mol. The fourth-order valence-corrected chi connectivity index (χ4v) is 0.739. The van der Waals surface area contributed by atoms with Crippen molar-refractivity contribution in [3.05, 3.63) is 12.2 Å². The molecule has 0 heterocycles. The summed E-state index contributed by atoms with van der Waals surface area (Å²) in [7, 11) is 0. The first-order valence-corrected chi connectivity index (χ1v) is 4.81. The molecule has 0 aromatic rings. The molecule has 0 amide bonds. The molecule has 0 rings (SSSR count). The standard InChI is InChI=1S/C10H13F3O4/c1-7(2)8(14)16-5-3-4-6-17-9(15)10(11,12)13/h1,3-6H2,2H3. The summed E-state index contributed by atoms with van der Waals surface area (Å²) in [5.41, 5.74) is 0.244. The average Bonchev–Trinajstić information content (AvgIpc) is 2.20. The number of halogens is 3. The first kappa shape index (κ1) is 15.5. The van der Waals surface area contributed by atoms with Gasteiger partial charge in [-0.15, -0.1) is 0 Å². The first-order valence-electron chi connectivity index (χ1n) is 4.81. The molecule has 4 nitrogen and oxygen atoms in total. The van der Waals surface area contributed by atoms with Gasteiger partial charge in [-0.05, 0) is 19.8 Å². The quantitative estimate of drug-likeness (QED) is 0.413. The average molecular weight is 254 g/mol. The second-order valence-corrected chi connectivity index (χ2v) is 3.26. The van der Waals surface area contributed by atoms with Crippen LogP contribution in [0.15, 0.2) is 12.2 Å². The van der Waals surface area contributed by atoms with Gasteiger partial charge in [-0.25, -0.2) is 9.59 Å². The molecule has 0 unspecified atom stereocenters. The van der Waals surface area contributed by atoms with E-state index in [1.54, 1.807) is 0 Å². The van der Waals surface area contributed by atoms with E-state index in [1.807, 2.05) is 0 Å². The van der Waals surface area contributed by atoms with Crippen molar-refractivity contribution < 1.29 is 32.2 Å². The summed E-state index contributed by atoms with van der Waals surface area (Å²) < 4.78 is 43.6. The minimum absolute atomic E-state index is 0.0509. The third-order valence-electron chi connectivity index (χ3n) is 1.58. The van der Waals surface area contributed by atoms with Crippen molar-refractivity contribution in [2.75, 3.05) is 13.2 Å². The number of ether oxygens (including phenoxy) is 2. The van der Waals surface area contributed by atoms with Crippen LogP contribution in [0.5, 0.6) is 0 Å². The Morgan fingerprint density at radius 1 is 1.12 bits per heavy atom. The van der Waals surface area contributed by atoms with E-state index in [2.05, 4.69) is 16.1 Å². The maximum atomic E-state index is 11.7. The van der Waals surface area contributed by atoms with Gasteiger partial charge in [0.05, 0.1) is 13.2 Å². The van der Waals surface area contributed by atoms with E-state index >= 15 is 0 Å². The summed E-state index contributed by atoms with van der Waals surface area (Å²) in [5, 5.41) is 0. The highest BCUT2D eigenvalue weighted by atomic mass is 19.4. The van der Waals surface area contributed by atoms with Crippen LogP contribution in [0.3, 0.4) is 0 Å². The van der Waals surface area contributed by atoms with Crippen molar-refractivity contribution in [1.82, 2.24) is 0 Å². The Morgan fingerprint density at radius 3 is 2.00 bits per heavy atom. The molecule has 0 aliphatic rings. The topological polar surface area (TPSA) is 52.6 Å². The molecule has 0 saturated carbocycles. The van der Waals surface area contributed by atoms with Crippen LogP contribution < -0.4 is 0 Å². The van der Waals surface area contributed by atoms with Crippen molar-refractivity contribution >= 4 is 11.9 Å². The summed E-state index contributed by atoms with van der Waals surface area (Å²) in [6, 6.07) is 0. The van der Waals surface area contributed by atoms with Crippen molar-refractivity contribution in [1.29, 1.82) is 0 Å². The highest BCUT2D eigenvalue weighted by molar-refractivity contribution is 5.86. The minimum atomic E-state index is -4.97.